The van der Waals surface area contributed by atoms with Crippen LogP contribution in [0.4, 0.5) is 10.1 Å². The molecule has 1 aliphatic heterocycles. The first-order chi connectivity index (χ1) is 9.63. The van der Waals surface area contributed by atoms with Crippen molar-refractivity contribution >= 4 is 27.5 Å². The van der Waals surface area contributed by atoms with Gasteiger partial charge in [-0.3, -0.25) is 4.79 Å². The lowest BCUT2D eigenvalue weighted by Gasteiger charge is -2.08. The van der Waals surface area contributed by atoms with Gasteiger partial charge in [0.05, 0.1) is 12.3 Å². The predicted molar refractivity (Wildman–Crippen MR) is 77.7 cm³/mol. The van der Waals surface area contributed by atoms with Gasteiger partial charge >= 0.3 is 0 Å². The van der Waals surface area contributed by atoms with E-state index in [0.717, 1.165) is 17.7 Å². The van der Waals surface area contributed by atoms with Crippen LogP contribution >= 0.6 is 15.9 Å². The molecule has 0 radical (unpaired) electrons. The number of ether oxygens (including phenoxy) is 1. The maximum atomic E-state index is 13.2. The Bertz CT molecular complexity index is 688. The molecule has 5 heteroatoms. The molecule has 0 aromatic heterocycles. The van der Waals surface area contributed by atoms with Crippen molar-refractivity contribution in [1.82, 2.24) is 0 Å². The number of hydrogen-bond donors (Lipinski definition) is 1. The Morgan fingerprint density at radius 2 is 2.10 bits per heavy atom. The molecular weight excluding hydrogens is 325 g/mol. The minimum absolute atomic E-state index is 0.272. The quantitative estimate of drug-likeness (QED) is 0.907. The van der Waals surface area contributed by atoms with E-state index in [4.69, 9.17) is 4.74 Å². The summed E-state index contributed by atoms with van der Waals surface area (Å²) in [5.41, 5.74) is 1.97. The summed E-state index contributed by atoms with van der Waals surface area (Å²) in [5, 5.41) is 2.69. The molecule has 1 amide bonds. The van der Waals surface area contributed by atoms with Gasteiger partial charge < -0.3 is 10.1 Å². The number of halogens is 2. The zero-order valence-corrected chi connectivity index (χ0v) is 12.0. The summed E-state index contributed by atoms with van der Waals surface area (Å²) < 4.78 is 19.2. The second kappa shape index (κ2) is 5.25. The van der Waals surface area contributed by atoms with E-state index in [-0.39, 0.29) is 5.91 Å². The Morgan fingerprint density at radius 1 is 1.25 bits per heavy atom. The highest BCUT2D eigenvalue weighted by Gasteiger charge is 2.15. The minimum Gasteiger partial charge on any atom is -0.493 e. The second-order valence-corrected chi connectivity index (χ2v) is 5.35. The SMILES string of the molecule is O=C(Nc1cc(F)ccc1Br)c1ccc2c(c1)CCO2. The summed E-state index contributed by atoms with van der Waals surface area (Å²) in [7, 11) is 0. The number of rotatable bonds is 2. The van der Waals surface area contributed by atoms with Crippen molar-refractivity contribution < 1.29 is 13.9 Å². The average molecular weight is 336 g/mol. The molecule has 1 aliphatic rings. The molecule has 2 aromatic rings. The van der Waals surface area contributed by atoms with Crippen molar-refractivity contribution in [2.45, 2.75) is 6.42 Å². The minimum atomic E-state index is -0.397. The van der Waals surface area contributed by atoms with E-state index >= 15 is 0 Å². The molecule has 1 N–H and O–H groups in total. The van der Waals surface area contributed by atoms with Crippen LogP contribution in [0.2, 0.25) is 0 Å². The van der Waals surface area contributed by atoms with Gasteiger partial charge in [0.1, 0.15) is 11.6 Å². The van der Waals surface area contributed by atoms with Gasteiger partial charge in [0.15, 0.2) is 0 Å². The number of amides is 1. The van der Waals surface area contributed by atoms with Crippen LogP contribution in [0.1, 0.15) is 15.9 Å². The van der Waals surface area contributed by atoms with Crippen LogP contribution in [-0.4, -0.2) is 12.5 Å². The van der Waals surface area contributed by atoms with Gasteiger partial charge in [0, 0.05) is 16.5 Å². The molecule has 0 spiro atoms. The number of anilines is 1. The van der Waals surface area contributed by atoms with E-state index in [1.165, 1.54) is 12.1 Å². The molecule has 0 saturated heterocycles. The third-order valence-electron chi connectivity index (χ3n) is 3.13. The van der Waals surface area contributed by atoms with E-state index in [1.54, 1.807) is 18.2 Å². The highest BCUT2D eigenvalue weighted by Crippen LogP contribution is 2.27. The summed E-state index contributed by atoms with van der Waals surface area (Å²) >= 11 is 3.28. The zero-order valence-electron chi connectivity index (χ0n) is 10.5. The second-order valence-electron chi connectivity index (χ2n) is 4.50. The number of hydrogen-bond acceptors (Lipinski definition) is 2. The molecule has 3 rings (SSSR count). The standard InChI is InChI=1S/C15H11BrFNO2/c16-12-3-2-11(17)8-13(12)18-15(19)10-1-4-14-9(7-10)5-6-20-14/h1-4,7-8H,5-6H2,(H,18,19). The average Bonchev–Trinajstić information content (AvgIpc) is 2.90. The number of carbonyl (C=O) groups excluding carboxylic acids is 1. The molecule has 0 atom stereocenters. The summed E-state index contributed by atoms with van der Waals surface area (Å²) in [4.78, 5) is 12.2. The van der Waals surface area contributed by atoms with Crippen molar-refractivity contribution in [2.75, 3.05) is 11.9 Å². The van der Waals surface area contributed by atoms with Gasteiger partial charge in [0.2, 0.25) is 0 Å². The van der Waals surface area contributed by atoms with Gasteiger partial charge in [-0.2, -0.15) is 0 Å². The molecule has 0 bridgehead atoms. The molecular formula is C15H11BrFNO2. The molecule has 1 heterocycles. The molecule has 102 valence electrons. The molecule has 0 fully saturated rings. The van der Waals surface area contributed by atoms with Crippen LogP contribution in [0.5, 0.6) is 5.75 Å². The molecule has 0 unspecified atom stereocenters. The maximum Gasteiger partial charge on any atom is 0.255 e. The van der Waals surface area contributed by atoms with E-state index < -0.39 is 5.82 Å². The van der Waals surface area contributed by atoms with E-state index in [9.17, 15) is 9.18 Å². The first-order valence-electron chi connectivity index (χ1n) is 6.15. The highest BCUT2D eigenvalue weighted by molar-refractivity contribution is 9.10. The Kier molecular flexibility index (Phi) is 3.44. The highest BCUT2D eigenvalue weighted by atomic mass is 79.9. The smallest absolute Gasteiger partial charge is 0.255 e. The lowest BCUT2D eigenvalue weighted by molar-refractivity contribution is 0.102. The van der Waals surface area contributed by atoms with Gasteiger partial charge in [-0.1, -0.05) is 0 Å². The first-order valence-corrected chi connectivity index (χ1v) is 6.95. The Balaban J connectivity index is 1.84. The van der Waals surface area contributed by atoms with Crippen LogP contribution in [0.25, 0.3) is 0 Å². The Morgan fingerprint density at radius 3 is 2.95 bits per heavy atom. The molecule has 2 aromatic carbocycles. The van der Waals surface area contributed by atoms with Gasteiger partial charge in [-0.05, 0) is 57.9 Å². The monoisotopic (exact) mass is 335 g/mol. The topological polar surface area (TPSA) is 38.3 Å². The van der Waals surface area contributed by atoms with E-state index in [1.807, 2.05) is 6.07 Å². The van der Waals surface area contributed by atoms with Crippen LogP contribution < -0.4 is 10.1 Å². The Labute approximate surface area is 123 Å². The fourth-order valence-corrected chi connectivity index (χ4v) is 2.46. The molecule has 20 heavy (non-hydrogen) atoms. The van der Waals surface area contributed by atoms with Crippen molar-refractivity contribution in [1.29, 1.82) is 0 Å². The van der Waals surface area contributed by atoms with E-state index in [0.29, 0.717) is 22.3 Å². The summed E-state index contributed by atoms with van der Waals surface area (Å²) in [6, 6.07) is 9.46. The first kappa shape index (κ1) is 13.1. The van der Waals surface area contributed by atoms with Gasteiger partial charge in [0.25, 0.3) is 5.91 Å². The van der Waals surface area contributed by atoms with E-state index in [2.05, 4.69) is 21.2 Å². The van der Waals surface area contributed by atoms with Crippen molar-refractivity contribution in [3.8, 4) is 5.75 Å². The molecule has 0 aliphatic carbocycles. The van der Waals surface area contributed by atoms with Gasteiger partial charge in [-0.25, -0.2) is 4.39 Å². The van der Waals surface area contributed by atoms with Gasteiger partial charge in [-0.15, -0.1) is 0 Å². The zero-order chi connectivity index (χ0) is 14.1. The normalized spacial score (nSPS) is 12.7. The summed E-state index contributed by atoms with van der Waals surface area (Å²) in [6.45, 7) is 0.649. The molecule has 0 saturated carbocycles. The van der Waals surface area contributed by atoms with Crippen molar-refractivity contribution in [2.24, 2.45) is 0 Å². The summed E-state index contributed by atoms with van der Waals surface area (Å²) in [6.07, 6.45) is 0.806. The lowest BCUT2D eigenvalue weighted by Crippen LogP contribution is -2.12. The van der Waals surface area contributed by atoms with Crippen LogP contribution in [0.15, 0.2) is 40.9 Å². The Hall–Kier alpha value is -1.88. The fraction of sp³-hybridized carbons (Fsp3) is 0.133. The van der Waals surface area contributed by atoms with Crippen LogP contribution in [-0.2, 0) is 6.42 Å². The summed E-state index contributed by atoms with van der Waals surface area (Å²) in [5.74, 6) is 0.158. The predicted octanol–water partition coefficient (Wildman–Crippen LogP) is 3.78. The number of benzene rings is 2. The molecule has 3 nitrogen and oxygen atoms in total. The lowest BCUT2D eigenvalue weighted by atomic mass is 10.1. The van der Waals surface area contributed by atoms with Crippen molar-refractivity contribution in [3.05, 3.63) is 57.8 Å². The number of nitrogens with one attached hydrogen (secondary N) is 1. The third kappa shape index (κ3) is 2.54. The van der Waals surface area contributed by atoms with Crippen LogP contribution in [0.3, 0.4) is 0 Å². The number of fused-ring (bicyclic) bond motifs is 1. The fourth-order valence-electron chi connectivity index (χ4n) is 2.12. The number of carbonyl (C=O) groups is 1. The van der Waals surface area contributed by atoms with Crippen molar-refractivity contribution in [3.63, 3.8) is 0 Å². The third-order valence-corrected chi connectivity index (χ3v) is 3.82. The van der Waals surface area contributed by atoms with Crippen LogP contribution in [0, 0.1) is 5.82 Å². The maximum absolute atomic E-state index is 13.2. The largest absolute Gasteiger partial charge is 0.493 e.